The fourth-order valence-electron chi connectivity index (χ4n) is 1.93. The number of rotatable bonds is 3. The van der Waals surface area contributed by atoms with E-state index in [-0.39, 0.29) is 11.7 Å². The lowest BCUT2D eigenvalue weighted by Gasteiger charge is -2.18. The molecule has 0 aliphatic carbocycles. The van der Waals surface area contributed by atoms with Crippen molar-refractivity contribution >= 4 is 17.8 Å². The van der Waals surface area contributed by atoms with Crippen LogP contribution in [0.25, 0.3) is 0 Å². The maximum atomic E-state index is 12.4. The van der Waals surface area contributed by atoms with Gasteiger partial charge in [-0.15, -0.1) is 0 Å². The summed E-state index contributed by atoms with van der Waals surface area (Å²) in [5, 5.41) is 6.71. The summed E-state index contributed by atoms with van der Waals surface area (Å²) in [7, 11) is 0. The number of benzene rings is 2. The average Bonchev–Trinajstić information content (AvgIpc) is 2.58. The number of carbonyl (C=O) groups is 2. The van der Waals surface area contributed by atoms with Gasteiger partial charge < -0.3 is 10.1 Å². The number of amidine groups is 1. The van der Waals surface area contributed by atoms with Crippen molar-refractivity contribution in [2.24, 2.45) is 5.10 Å². The first kappa shape index (κ1) is 18.2. The zero-order chi connectivity index (χ0) is 18.3. The summed E-state index contributed by atoms with van der Waals surface area (Å²) in [6.45, 7) is 5.27. The molecule has 2 N–H and O–H groups in total. The smallest absolute Gasteiger partial charge is 0.428 e. The summed E-state index contributed by atoms with van der Waals surface area (Å²) in [6.07, 6.45) is -0.699. The van der Waals surface area contributed by atoms with Gasteiger partial charge in [-0.2, -0.15) is 5.10 Å². The number of hydrazone groups is 1. The molecule has 0 aliphatic heterocycles. The first-order chi connectivity index (χ1) is 11.8. The van der Waals surface area contributed by atoms with Gasteiger partial charge in [-0.05, 0) is 32.9 Å². The minimum absolute atomic E-state index is 0.223. The fourth-order valence-corrected chi connectivity index (χ4v) is 1.93. The van der Waals surface area contributed by atoms with E-state index in [2.05, 4.69) is 15.8 Å². The number of nitrogens with one attached hydrogen (secondary N) is 2. The van der Waals surface area contributed by atoms with Gasteiger partial charge in [0, 0.05) is 11.1 Å². The number of carbonyl (C=O) groups excluding carboxylic acids is 2. The third-order valence-electron chi connectivity index (χ3n) is 2.97. The van der Waals surface area contributed by atoms with Crippen LogP contribution in [0.1, 0.15) is 36.7 Å². The highest BCUT2D eigenvalue weighted by molar-refractivity contribution is 6.12. The third kappa shape index (κ3) is 6.10. The van der Waals surface area contributed by atoms with E-state index < -0.39 is 11.7 Å². The van der Waals surface area contributed by atoms with Crippen LogP contribution in [-0.4, -0.2) is 23.4 Å². The van der Waals surface area contributed by atoms with Crippen molar-refractivity contribution in [3.05, 3.63) is 71.8 Å². The molecule has 2 aromatic rings. The minimum Gasteiger partial charge on any atom is -0.443 e. The largest absolute Gasteiger partial charge is 0.443 e. The van der Waals surface area contributed by atoms with Crippen LogP contribution in [0.5, 0.6) is 0 Å². The van der Waals surface area contributed by atoms with Crippen molar-refractivity contribution in [3.63, 3.8) is 0 Å². The summed E-state index contributed by atoms with van der Waals surface area (Å²) in [6, 6.07) is 17.8. The van der Waals surface area contributed by atoms with Crippen molar-refractivity contribution in [1.29, 1.82) is 0 Å². The molecular weight excluding hydrogens is 318 g/mol. The molecule has 0 bridgehead atoms. The van der Waals surface area contributed by atoms with Crippen LogP contribution in [0.15, 0.2) is 65.8 Å². The highest BCUT2D eigenvalue weighted by atomic mass is 16.6. The molecule has 130 valence electrons. The number of hydrogen-bond acceptors (Lipinski definition) is 4. The highest BCUT2D eigenvalue weighted by Crippen LogP contribution is 2.07. The molecule has 0 spiro atoms. The monoisotopic (exact) mass is 339 g/mol. The van der Waals surface area contributed by atoms with Crippen LogP contribution in [0.2, 0.25) is 0 Å². The zero-order valence-electron chi connectivity index (χ0n) is 14.4. The van der Waals surface area contributed by atoms with E-state index in [0.29, 0.717) is 11.1 Å². The molecule has 0 unspecified atom stereocenters. The van der Waals surface area contributed by atoms with E-state index in [9.17, 15) is 9.59 Å². The Morgan fingerprint density at radius 3 is 1.92 bits per heavy atom. The topological polar surface area (TPSA) is 79.8 Å². The van der Waals surface area contributed by atoms with Crippen LogP contribution in [-0.2, 0) is 4.74 Å². The molecule has 0 aromatic heterocycles. The van der Waals surface area contributed by atoms with E-state index in [4.69, 9.17) is 4.74 Å². The van der Waals surface area contributed by atoms with E-state index in [1.807, 2.05) is 24.3 Å². The molecule has 6 heteroatoms. The summed E-state index contributed by atoms with van der Waals surface area (Å²) in [5.41, 5.74) is 2.81. The minimum atomic E-state index is -0.699. The molecule has 0 aliphatic rings. The van der Waals surface area contributed by atoms with Crippen LogP contribution >= 0.6 is 0 Å². The van der Waals surface area contributed by atoms with Crippen LogP contribution in [0.4, 0.5) is 4.79 Å². The second-order valence-corrected chi connectivity index (χ2v) is 6.26. The van der Waals surface area contributed by atoms with Crippen molar-refractivity contribution < 1.29 is 14.3 Å². The third-order valence-corrected chi connectivity index (χ3v) is 2.97. The molecule has 0 atom stereocenters. The van der Waals surface area contributed by atoms with Crippen molar-refractivity contribution in [2.75, 3.05) is 0 Å². The maximum absolute atomic E-state index is 12.4. The molecule has 0 saturated carbocycles. The molecule has 6 nitrogen and oxygen atoms in total. The predicted molar refractivity (Wildman–Crippen MR) is 96.3 cm³/mol. The lowest BCUT2D eigenvalue weighted by Crippen LogP contribution is -2.35. The Hall–Kier alpha value is -3.15. The van der Waals surface area contributed by atoms with E-state index in [0.717, 1.165) is 0 Å². The van der Waals surface area contributed by atoms with Crippen LogP contribution in [0, 0.1) is 0 Å². The Morgan fingerprint density at radius 2 is 1.40 bits per heavy atom. The van der Waals surface area contributed by atoms with Gasteiger partial charge in [0.05, 0.1) is 0 Å². The summed E-state index contributed by atoms with van der Waals surface area (Å²) >= 11 is 0. The number of nitrogens with zero attached hydrogens (tertiary/aromatic N) is 1. The second kappa shape index (κ2) is 8.10. The first-order valence-corrected chi connectivity index (χ1v) is 7.84. The lowest BCUT2D eigenvalue weighted by molar-refractivity contribution is 0.0528. The van der Waals surface area contributed by atoms with Gasteiger partial charge in [-0.3, -0.25) is 4.79 Å². The Balaban J connectivity index is 2.18. The second-order valence-electron chi connectivity index (χ2n) is 6.26. The van der Waals surface area contributed by atoms with Gasteiger partial charge in [0.15, 0.2) is 5.84 Å². The molecule has 0 heterocycles. The molecule has 2 amide bonds. The Labute approximate surface area is 146 Å². The standard InChI is InChI=1S/C19H21N3O3/c1-19(2,3)25-18(24)22-21-16(14-10-6-4-7-11-14)20-17(23)15-12-8-5-9-13-15/h4-13H,1-3H3,(H,22,24)(H,20,21,23). The predicted octanol–water partition coefficient (Wildman–Crippen LogP) is 3.30. The Kier molecular flexibility index (Phi) is 5.89. The van der Waals surface area contributed by atoms with Crippen LogP contribution in [0.3, 0.4) is 0 Å². The summed E-state index contributed by atoms with van der Waals surface area (Å²) < 4.78 is 5.14. The number of ether oxygens (including phenoxy) is 1. The zero-order valence-corrected chi connectivity index (χ0v) is 14.4. The first-order valence-electron chi connectivity index (χ1n) is 7.84. The molecule has 2 rings (SSSR count). The van der Waals surface area contributed by atoms with Gasteiger partial charge in [0.1, 0.15) is 5.60 Å². The van der Waals surface area contributed by atoms with Crippen molar-refractivity contribution in [1.82, 2.24) is 10.7 Å². The molecular formula is C19H21N3O3. The SMILES string of the molecule is CC(C)(C)OC(=O)N/N=C(/NC(=O)c1ccccc1)c1ccccc1. The van der Waals surface area contributed by atoms with Crippen LogP contribution < -0.4 is 10.7 Å². The quantitative estimate of drug-likeness (QED) is 0.511. The molecule has 2 aromatic carbocycles. The van der Waals surface area contributed by atoms with E-state index in [1.54, 1.807) is 57.2 Å². The molecule has 0 fully saturated rings. The normalized spacial score (nSPS) is 11.6. The van der Waals surface area contributed by atoms with E-state index >= 15 is 0 Å². The van der Waals surface area contributed by atoms with Gasteiger partial charge in [0.25, 0.3) is 5.91 Å². The lowest BCUT2D eigenvalue weighted by atomic mass is 10.2. The maximum Gasteiger partial charge on any atom is 0.428 e. The highest BCUT2D eigenvalue weighted by Gasteiger charge is 2.16. The van der Waals surface area contributed by atoms with Crippen molar-refractivity contribution in [3.8, 4) is 0 Å². The number of hydrogen-bond donors (Lipinski definition) is 2. The summed E-state index contributed by atoms with van der Waals surface area (Å²) in [5.74, 6) is -0.102. The summed E-state index contributed by atoms with van der Waals surface area (Å²) in [4.78, 5) is 24.2. The van der Waals surface area contributed by atoms with Crippen molar-refractivity contribution in [2.45, 2.75) is 26.4 Å². The number of amides is 2. The molecule has 0 saturated heterocycles. The van der Waals surface area contributed by atoms with Gasteiger partial charge >= 0.3 is 6.09 Å². The molecule has 0 radical (unpaired) electrons. The Morgan fingerprint density at radius 1 is 0.880 bits per heavy atom. The van der Waals surface area contributed by atoms with Gasteiger partial charge in [-0.25, -0.2) is 10.2 Å². The average molecular weight is 339 g/mol. The van der Waals surface area contributed by atoms with Gasteiger partial charge in [-0.1, -0.05) is 48.5 Å². The fraction of sp³-hybridized carbons (Fsp3) is 0.211. The van der Waals surface area contributed by atoms with Gasteiger partial charge in [0.2, 0.25) is 0 Å². The van der Waals surface area contributed by atoms with E-state index in [1.165, 1.54) is 0 Å². The Bertz CT molecular complexity index is 750. The molecule has 25 heavy (non-hydrogen) atoms.